The number of rotatable bonds is 9. The molecule has 2 aromatic carbocycles. The second-order valence-corrected chi connectivity index (χ2v) is 8.23. The van der Waals surface area contributed by atoms with E-state index >= 15 is 0 Å². The Morgan fingerprint density at radius 2 is 1.87 bits per heavy atom. The zero-order chi connectivity index (χ0) is 21.5. The molecule has 0 unspecified atom stereocenters. The Bertz CT molecular complexity index is 959. The fourth-order valence-corrected chi connectivity index (χ4v) is 3.89. The van der Waals surface area contributed by atoms with Gasteiger partial charge in [-0.05, 0) is 43.2 Å². The maximum Gasteiger partial charge on any atom is 0.233 e. The number of nitrogens with two attached hydrogens (primary N) is 1. The Kier molecular flexibility index (Phi) is 7.35. The monoisotopic (exact) mass is 425 g/mol. The van der Waals surface area contributed by atoms with Crippen LogP contribution in [0.15, 0.2) is 59.8 Å². The highest BCUT2D eigenvalue weighted by Crippen LogP contribution is 2.26. The van der Waals surface area contributed by atoms with Crippen LogP contribution in [0.25, 0.3) is 11.4 Å². The van der Waals surface area contributed by atoms with Crippen molar-refractivity contribution in [3.8, 4) is 17.1 Å². The summed E-state index contributed by atoms with van der Waals surface area (Å²) in [4.78, 5) is 12.6. The van der Waals surface area contributed by atoms with Crippen molar-refractivity contribution in [1.82, 2.24) is 20.2 Å². The Balaban J connectivity index is 1.60. The first-order chi connectivity index (χ1) is 14.5. The van der Waals surface area contributed by atoms with Crippen molar-refractivity contribution >= 4 is 17.7 Å². The smallest absolute Gasteiger partial charge is 0.233 e. The average molecular weight is 426 g/mol. The minimum atomic E-state index is -0.353. The molecule has 2 atom stereocenters. The third-order valence-corrected chi connectivity index (χ3v) is 6.01. The molecule has 158 valence electrons. The van der Waals surface area contributed by atoms with Crippen molar-refractivity contribution in [2.75, 3.05) is 19.5 Å². The topological polar surface area (TPSA) is 95.1 Å². The number of aromatic nitrogens is 3. The molecule has 0 aliphatic carbocycles. The lowest BCUT2D eigenvalue weighted by molar-refractivity contribution is -0.120. The van der Waals surface area contributed by atoms with Crippen molar-refractivity contribution < 1.29 is 9.53 Å². The summed E-state index contributed by atoms with van der Waals surface area (Å²) in [6.45, 7) is 4.56. The number of thioether (sulfide) groups is 1. The number of nitrogen functional groups attached to an aromatic ring is 1. The molecule has 30 heavy (non-hydrogen) atoms. The lowest BCUT2D eigenvalue weighted by atomic mass is 9.96. The number of nitrogens with one attached hydrogen (secondary N) is 1. The quantitative estimate of drug-likeness (QED) is 0.403. The second kappa shape index (κ2) is 10.2. The van der Waals surface area contributed by atoms with Gasteiger partial charge in [0.15, 0.2) is 5.82 Å². The van der Waals surface area contributed by atoms with Crippen molar-refractivity contribution in [2.24, 2.45) is 0 Å². The van der Waals surface area contributed by atoms with E-state index in [9.17, 15) is 4.79 Å². The molecule has 1 heterocycles. The number of carbonyl (C=O) groups excluding carboxylic acids is 1. The molecular formula is C22H27N5O2S. The summed E-state index contributed by atoms with van der Waals surface area (Å²) in [7, 11) is 1.62. The molecule has 0 fully saturated rings. The van der Waals surface area contributed by atoms with E-state index in [-0.39, 0.29) is 17.1 Å². The van der Waals surface area contributed by atoms with Crippen molar-refractivity contribution in [3.05, 3.63) is 60.2 Å². The van der Waals surface area contributed by atoms with Crippen LogP contribution < -0.4 is 15.9 Å². The molecule has 3 N–H and O–H groups in total. The summed E-state index contributed by atoms with van der Waals surface area (Å²) in [5.41, 5.74) is 2.05. The van der Waals surface area contributed by atoms with E-state index in [1.807, 2.05) is 49.4 Å². The minimum absolute atomic E-state index is 0.0524. The molecule has 8 heteroatoms. The van der Waals surface area contributed by atoms with Gasteiger partial charge in [-0.15, -0.1) is 10.2 Å². The van der Waals surface area contributed by atoms with Crippen LogP contribution >= 0.6 is 11.8 Å². The van der Waals surface area contributed by atoms with Gasteiger partial charge in [0.05, 0.1) is 12.4 Å². The third-order valence-electron chi connectivity index (χ3n) is 4.95. The highest BCUT2D eigenvalue weighted by Gasteiger charge is 2.21. The highest BCUT2D eigenvalue weighted by molar-refractivity contribution is 8.00. The Morgan fingerprint density at radius 3 is 2.50 bits per heavy atom. The van der Waals surface area contributed by atoms with Crippen LogP contribution in [0.4, 0.5) is 0 Å². The molecule has 0 spiro atoms. The third kappa shape index (κ3) is 5.13. The first kappa shape index (κ1) is 21.7. The van der Waals surface area contributed by atoms with Gasteiger partial charge in [-0.25, -0.2) is 4.68 Å². The zero-order valence-electron chi connectivity index (χ0n) is 17.4. The van der Waals surface area contributed by atoms with Crippen molar-refractivity contribution in [2.45, 2.75) is 36.6 Å². The van der Waals surface area contributed by atoms with Crippen LogP contribution in [0.5, 0.6) is 5.75 Å². The first-order valence-corrected chi connectivity index (χ1v) is 10.8. The van der Waals surface area contributed by atoms with Gasteiger partial charge < -0.3 is 15.9 Å². The summed E-state index contributed by atoms with van der Waals surface area (Å²) in [5, 5.41) is 11.5. The Hall–Kier alpha value is -3.00. The molecule has 0 bridgehead atoms. The number of benzene rings is 2. The summed E-state index contributed by atoms with van der Waals surface area (Å²) in [6, 6.07) is 17.6. The van der Waals surface area contributed by atoms with Crippen LogP contribution in [-0.4, -0.2) is 39.7 Å². The van der Waals surface area contributed by atoms with Gasteiger partial charge in [-0.2, -0.15) is 0 Å². The van der Waals surface area contributed by atoms with E-state index in [4.69, 9.17) is 10.6 Å². The lowest BCUT2D eigenvalue weighted by Crippen LogP contribution is -2.34. The van der Waals surface area contributed by atoms with Gasteiger partial charge in [0.2, 0.25) is 11.1 Å². The number of ether oxygens (including phenoxy) is 1. The van der Waals surface area contributed by atoms with Gasteiger partial charge in [0, 0.05) is 18.0 Å². The Morgan fingerprint density at radius 1 is 1.17 bits per heavy atom. The molecule has 0 saturated heterocycles. The molecular weight excluding hydrogens is 398 g/mol. The molecule has 7 nitrogen and oxygen atoms in total. The molecule has 0 aliphatic heterocycles. The fraction of sp³-hybridized carbons (Fsp3) is 0.318. The van der Waals surface area contributed by atoms with E-state index in [1.54, 1.807) is 7.11 Å². The zero-order valence-corrected chi connectivity index (χ0v) is 18.2. The average Bonchev–Trinajstić information content (AvgIpc) is 3.14. The maximum atomic E-state index is 12.6. The van der Waals surface area contributed by atoms with Crippen molar-refractivity contribution in [1.29, 1.82) is 0 Å². The van der Waals surface area contributed by atoms with E-state index in [0.29, 0.717) is 17.5 Å². The van der Waals surface area contributed by atoms with Gasteiger partial charge in [-0.1, -0.05) is 49.0 Å². The van der Waals surface area contributed by atoms with E-state index in [1.165, 1.54) is 22.0 Å². The van der Waals surface area contributed by atoms with Gasteiger partial charge in [-0.3, -0.25) is 4.79 Å². The molecule has 3 aromatic rings. The standard InChI is InChI=1S/C22H27N5O2S/c1-4-16(17-8-6-5-7-9-17)14-24-21(28)15(2)30-22-26-25-20(27(22)23)18-10-12-19(29-3)13-11-18/h5-13,15-16H,4,14,23H2,1-3H3,(H,24,28)/t15-,16+/m0/s1. The van der Waals surface area contributed by atoms with Crippen LogP contribution in [0.2, 0.25) is 0 Å². The van der Waals surface area contributed by atoms with E-state index in [0.717, 1.165) is 17.7 Å². The summed E-state index contributed by atoms with van der Waals surface area (Å²) < 4.78 is 6.58. The number of carbonyl (C=O) groups is 1. The minimum Gasteiger partial charge on any atom is -0.497 e. The molecule has 1 aromatic heterocycles. The normalized spacial score (nSPS) is 12.9. The summed E-state index contributed by atoms with van der Waals surface area (Å²) >= 11 is 1.28. The molecule has 0 radical (unpaired) electrons. The van der Waals surface area contributed by atoms with Crippen LogP contribution in [0, 0.1) is 0 Å². The van der Waals surface area contributed by atoms with Gasteiger partial charge in [0.1, 0.15) is 5.75 Å². The molecule has 0 saturated carbocycles. The Labute approximate surface area is 181 Å². The van der Waals surface area contributed by atoms with E-state index < -0.39 is 0 Å². The van der Waals surface area contributed by atoms with Gasteiger partial charge in [0.25, 0.3) is 0 Å². The SMILES string of the molecule is CC[C@H](CNC(=O)[C@H](C)Sc1nnc(-c2ccc(OC)cc2)n1N)c1ccccc1. The largest absolute Gasteiger partial charge is 0.497 e. The molecule has 1 amide bonds. The number of amides is 1. The van der Waals surface area contributed by atoms with E-state index in [2.05, 4.69) is 34.6 Å². The fourth-order valence-electron chi connectivity index (χ4n) is 3.10. The lowest BCUT2D eigenvalue weighted by Gasteiger charge is -2.18. The molecule has 0 aliphatic rings. The maximum absolute atomic E-state index is 12.6. The number of hydrogen-bond donors (Lipinski definition) is 2. The summed E-state index contributed by atoms with van der Waals surface area (Å²) in [6.07, 6.45) is 0.953. The first-order valence-electron chi connectivity index (χ1n) is 9.87. The summed E-state index contributed by atoms with van der Waals surface area (Å²) in [5.74, 6) is 7.70. The van der Waals surface area contributed by atoms with Crippen molar-refractivity contribution in [3.63, 3.8) is 0 Å². The second-order valence-electron chi connectivity index (χ2n) is 6.93. The highest BCUT2D eigenvalue weighted by atomic mass is 32.2. The predicted molar refractivity (Wildman–Crippen MR) is 120 cm³/mol. The van der Waals surface area contributed by atoms with Crippen LogP contribution in [0.3, 0.4) is 0 Å². The van der Waals surface area contributed by atoms with Gasteiger partial charge >= 0.3 is 0 Å². The van der Waals surface area contributed by atoms with Crippen LogP contribution in [-0.2, 0) is 4.79 Å². The number of nitrogens with zero attached hydrogens (tertiary/aromatic N) is 3. The number of hydrogen-bond acceptors (Lipinski definition) is 6. The molecule has 3 rings (SSSR count). The van der Waals surface area contributed by atoms with Crippen LogP contribution in [0.1, 0.15) is 31.7 Å². The predicted octanol–water partition coefficient (Wildman–Crippen LogP) is 3.46. The number of methoxy groups -OCH3 is 1.